The fourth-order valence-corrected chi connectivity index (χ4v) is 2.58. The minimum absolute atomic E-state index is 0.0464. The highest BCUT2D eigenvalue weighted by atomic mass is 32.2. The van der Waals surface area contributed by atoms with Crippen molar-refractivity contribution >= 4 is 21.9 Å². The molecule has 0 aliphatic rings. The van der Waals surface area contributed by atoms with Crippen LogP contribution in [0.15, 0.2) is 30.3 Å². The van der Waals surface area contributed by atoms with Crippen LogP contribution in [0.5, 0.6) is 0 Å². The van der Waals surface area contributed by atoms with E-state index in [-0.39, 0.29) is 43.8 Å². The highest BCUT2D eigenvalue weighted by Crippen LogP contribution is 2.07. The molecule has 1 rings (SSSR count). The van der Waals surface area contributed by atoms with Gasteiger partial charge in [0.1, 0.15) is 12.4 Å². The van der Waals surface area contributed by atoms with Gasteiger partial charge in [0, 0.05) is 12.8 Å². The number of Topliss-reactive ketones (excluding diaryl/α,β-unsaturated/α-hetero) is 1. The van der Waals surface area contributed by atoms with Crippen LogP contribution < -0.4 is 5.73 Å². The van der Waals surface area contributed by atoms with Crippen LogP contribution in [-0.4, -0.2) is 36.5 Å². The third-order valence-corrected chi connectivity index (χ3v) is 4.20. The molecule has 1 aromatic rings. The van der Waals surface area contributed by atoms with Gasteiger partial charge in [-0.1, -0.05) is 30.3 Å². The zero-order chi connectivity index (χ0) is 18.0. The van der Waals surface area contributed by atoms with Gasteiger partial charge in [-0.2, -0.15) is 8.42 Å². The van der Waals surface area contributed by atoms with Gasteiger partial charge in [0.05, 0.1) is 11.8 Å². The molecule has 24 heavy (non-hydrogen) atoms. The first-order valence-electron chi connectivity index (χ1n) is 7.71. The number of carbonyl (C=O) groups excluding carboxylic acids is 2. The Balaban J connectivity index is 2.18. The van der Waals surface area contributed by atoms with E-state index >= 15 is 0 Å². The van der Waals surface area contributed by atoms with Crippen LogP contribution in [0.2, 0.25) is 0 Å². The summed E-state index contributed by atoms with van der Waals surface area (Å²) in [6.45, 7) is 0.179. The zero-order valence-electron chi connectivity index (χ0n) is 13.4. The summed E-state index contributed by atoms with van der Waals surface area (Å²) in [6.07, 6.45) is 0.868. The third kappa shape index (κ3) is 9.39. The molecular weight excluding hydrogens is 334 g/mol. The van der Waals surface area contributed by atoms with Crippen molar-refractivity contribution in [2.24, 2.45) is 5.73 Å². The predicted octanol–water partition coefficient (Wildman–Crippen LogP) is 1.46. The summed E-state index contributed by atoms with van der Waals surface area (Å²) < 4.78 is 34.8. The second-order valence-electron chi connectivity index (χ2n) is 5.50. The van der Waals surface area contributed by atoms with Crippen molar-refractivity contribution in [1.82, 2.24) is 0 Å². The SMILES string of the molecule is N[C@@H](CCC(=O)OCc1ccccc1)C(=O)CCCCS(=O)(=O)O. The van der Waals surface area contributed by atoms with Crippen LogP contribution >= 0.6 is 0 Å². The first-order valence-corrected chi connectivity index (χ1v) is 9.32. The van der Waals surface area contributed by atoms with Gasteiger partial charge in [-0.25, -0.2) is 0 Å². The molecule has 7 nitrogen and oxygen atoms in total. The average Bonchev–Trinajstić information content (AvgIpc) is 2.54. The molecule has 8 heteroatoms. The smallest absolute Gasteiger partial charge is 0.306 e. The number of unbranched alkanes of at least 4 members (excludes halogenated alkanes) is 1. The molecule has 0 fully saturated rings. The first-order chi connectivity index (χ1) is 11.3. The van der Waals surface area contributed by atoms with Crippen molar-refractivity contribution in [3.63, 3.8) is 0 Å². The molecule has 0 aliphatic heterocycles. The molecule has 0 bridgehead atoms. The Hall–Kier alpha value is -1.77. The summed E-state index contributed by atoms with van der Waals surface area (Å²) in [6, 6.07) is 8.47. The normalized spacial score (nSPS) is 12.6. The van der Waals surface area contributed by atoms with Gasteiger partial charge in [0.25, 0.3) is 10.1 Å². The Morgan fingerprint density at radius 2 is 1.79 bits per heavy atom. The number of ketones is 1. The second-order valence-corrected chi connectivity index (χ2v) is 7.07. The highest BCUT2D eigenvalue weighted by Gasteiger charge is 2.16. The molecule has 0 saturated carbocycles. The van der Waals surface area contributed by atoms with Crippen LogP contribution in [0.4, 0.5) is 0 Å². The molecule has 0 aromatic heterocycles. The van der Waals surface area contributed by atoms with Crippen LogP contribution in [0.25, 0.3) is 0 Å². The number of hydrogen-bond acceptors (Lipinski definition) is 6. The quantitative estimate of drug-likeness (QED) is 0.349. The lowest BCUT2D eigenvalue weighted by molar-refractivity contribution is -0.145. The van der Waals surface area contributed by atoms with E-state index in [1.807, 2.05) is 30.3 Å². The van der Waals surface area contributed by atoms with Gasteiger partial charge in [0.15, 0.2) is 0 Å². The lowest BCUT2D eigenvalue weighted by Gasteiger charge is -2.10. The average molecular weight is 357 g/mol. The third-order valence-electron chi connectivity index (χ3n) is 3.39. The van der Waals surface area contributed by atoms with Crippen LogP contribution in [0.3, 0.4) is 0 Å². The van der Waals surface area contributed by atoms with Gasteiger partial charge >= 0.3 is 5.97 Å². The first kappa shape index (κ1) is 20.3. The van der Waals surface area contributed by atoms with E-state index in [4.69, 9.17) is 15.0 Å². The van der Waals surface area contributed by atoms with E-state index in [1.54, 1.807) is 0 Å². The van der Waals surface area contributed by atoms with Gasteiger partial charge in [-0.3, -0.25) is 14.1 Å². The number of esters is 1. The van der Waals surface area contributed by atoms with Crippen molar-refractivity contribution in [1.29, 1.82) is 0 Å². The molecule has 3 N–H and O–H groups in total. The van der Waals surface area contributed by atoms with Crippen molar-refractivity contribution in [3.05, 3.63) is 35.9 Å². The van der Waals surface area contributed by atoms with Crippen molar-refractivity contribution in [2.45, 2.75) is 44.8 Å². The minimum Gasteiger partial charge on any atom is -0.461 e. The van der Waals surface area contributed by atoms with Gasteiger partial charge in [-0.05, 0) is 24.8 Å². The molecule has 1 atom stereocenters. The molecule has 1 aromatic carbocycles. The van der Waals surface area contributed by atoms with E-state index in [9.17, 15) is 18.0 Å². The van der Waals surface area contributed by atoms with Crippen molar-refractivity contribution in [2.75, 3.05) is 5.75 Å². The lowest BCUT2D eigenvalue weighted by Crippen LogP contribution is -2.31. The molecule has 0 saturated heterocycles. The van der Waals surface area contributed by atoms with Gasteiger partial charge in [-0.15, -0.1) is 0 Å². The maximum Gasteiger partial charge on any atom is 0.306 e. The Kier molecular flexibility index (Phi) is 8.59. The molecule has 0 unspecified atom stereocenters. The maximum absolute atomic E-state index is 11.8. The summed E-state index contributed by atoms with van der Waals surface area (Å²) in [4.78, 5) is 23.4. The molecule has 0 heterocycles. The van der Waals surface area contributed by atoms with Crippen molar-refractivity contribution in [3.8, 4) is 0 Å². The van der Waals surface area contributed by atoms with Crippen LogP contribution in [0, 0.1) is 0 Å². The van der Waals surface area contributed by atoms with Gasteiger partial charge in [0.2, 0.25) is 0 Å². The molecule has 134 valence electrons. The number of nitrogens with two attached hydrogens (primary N) is 1. The standard InChI is InChI=1S/C16H23NO6S/c17-14(15(18)8-4-5-11-24(20,21)22)9-10-16(19)23-12-13-6-2-1-3-7-13/h1-3,6-7,14H,4-5,8-12,17H2,(H,20,21,22)/t14-/m0/s1. The fourth-order valence-electron chi connectivity index (χ4n) is 2.01. The second kappa shape index (κ2) is 10.2. The van der Waals surface area contributed by atoms with E-state index in [0.717, 1.165) is 5.56 Å². The summed E-state index contributed by atoms with van der Waals surface area (Å²) >= 11 is 0. The van der Waals surface area contributed by atoms with E-state index < -0.39 is 22.1 Å². The maximum atomic E-state index is 11.8. The molecule has 0 radical (unpaired) electrons. The zero-order valence-corrected chi connectivity index (χ0v) is 14.2. The lowest BCUT2D eigenvalue weighted by atomic mass is 10.0. The van der Waals surface area contributed by atoms with Crippen LogP contribution in [-0.2, 0) is 31.1 Å². The Morgan fingerprint density at radius 1 is 1.12 bits per heavy atom. The Morgan fingerprint density at radius 3 is 2.42 bits per heavy atom. The largest absolute Gasteiger partial charge is 0.461 e. The van der Waals surface area contributed by atoms with Gasteiger partial charge < -0.3 is 10.5 Å². The number of benzene rings is 1. The summed E-state index contributed by atoms with van der Waals surface area (Å²) in [7, 11) is -4.00. The molecule has 0 spiro atoms. The fraction of sp³-hybridized carbons (Fsp3) is 0.500. The number of hydrogen-bond donors (Lipinski definition) is 2. The predicted molar refractivity (Wildman–Crippen MR) is 88.7 cm³/mol. The molecule has 0 amide bonds. The summed E-state index contributed by atoms with van der Waals surface area (Å²) in [5.41, 5.74) is 6.60. The van der Waals surface area contributed by atoms with E-state index in [2.05, 4.69) is 0 Å². The Bertz CT molecular complexity index is 629. The summed E-state index contributed by atoms with van der Waals surface area (Å²) in [5.74, 6) is -1.03. The molecular formula is C16H23NO6S. The number of carbonyl (C=O) groups is 2. The monoisotopic (exact) mass is 357 g/mol. The Labute approximate surface area is 141 Å². The summed E-state index contributed by atoms with van der Waals surface area (Å²) in [5, 5.41) is 0. The minimum atomic E-state index is -4.00. The van der Waals surface area contributed by atoms with Crippen molar-refractivity contribution < 1.29 is 27.3 Å². The van der Waals surface area contributed by atoms with E-state index in [1.165, 1.54) is 0 Å². The molecule has 0 aliphatic carbocycles. The van der Waals surface area contributed by atoms with E-state index in [0.29, 0.717) is 6.42 Å². The highest BCUT2D eigenvalue weighted by molar-refractivity contribution is 7.85. The topological polar surface area (TPSA) is 124 Å². The van der Waals surface area contributed by atoms with Crippen LogP contribution in [0.1, 0.15) is 37.7 Å². The number of rotatable bonds is 11. The number of ether oxygens (including phenoxy) is 1.